The molecule has 0 spiro atoms. The van der Waals surface area contributed by atoms with Gasteiger partial charge in [-0.05, 0) is 73.7 Å². The first-order valence-corrected chi connectivity index (χ1v) is 10.8. The first-order valence-electron chi connectivity index (χ1n) is 10.8. The van der Waals surface area contributed by atoms with Crippen molar-refractivity contribution in [3.63, 3.8) is 0 Å². The van der Waals surface area contributed by atoms with Crippen LogP contribution in [0.1, 0.15) is 36.8 Å². The number of rotatable bonds is 4. The Balaban J connectivity index is 1.31. The molecule has 3 fully saturated rings. The zero-order valence-corrected chi connectivity index (χ0v) is 17.0. The van der Waals surface area contributed by atoms with Crippen molar-refractivity contribution in [2.75, 3.05) is 39.8 Å². The lowest BCUT2D eigenvalue weighted by atomic mass is 9.83. The Morgan fingerprint density at radius 1 is 1.14 bits per heavy atom. The predicted octanol–water partition coefficient (Wildman–Crippen LogP) is 3.73. The summed E-state index contributed by atoms with van der Waals surface area (Å²) in [5.74, 6) is 4.19. The lowest BCUT2D eigenvalue weighted by Crippen LogP contribution is -2.39. The van der Waals surface area contributed by atoms with E-state index in [1.807, 2.05) is 12.1 Å². The molecule has 146 valence electrons. The second-order valence-corrected chi connectivity index (χ2v) is 9.51. The highest BCUT2D eigenvalue weighted by atomic mass is 15.2. The second kappa shape index (κ2) is 7.13. The van der Waals surface area contributed by atoms with Gasteiger partial charge in [0.15, 0.2) is 0 Å². The molecule has 0 amide bonds. The van der Waals surface area contributed by atoms with Crippen LogP contribution in [0.2, 0.25) is 0 Å². The molecule has 28 heavy (non-hydrogen) atoms. The van der Waals surface area contributed by atoms with E-state index in [2.05, 4.69) is 47.0 Å². The summed E-state index contributed by atoms with van der Waals surface area (Å²) in [7, 11) is 2.26. The molecule has 1 saturated carbocycles. The van der Waals surface area contributed by atoms with E-state index in [0.717, 1.165) is 29.8 Å². The van der Waals surface area contributed by atoms with Crippen LogP contribution in [0.15, 0.2) is 30.5 Å². The maximum Gasteiger partial charge on any atom is 0.101 e. The Bertz CT molecular complexity index is 904. The molecule has 3 aliphatic rings. The monoisotopic (exact) mass is 374 g/mol. The molecule has 5 atom stereocenters. The maximum absolute atomic E-state index is 9.43. The molecule has 1 aliphatic carbocycles. The van der Waals surface area contributed by atoms with Gasteiger partial charge in [-0.2, -0.15) is 5.26 Å². The zero-order valence-electron chi connectivity index (χ0n) is 17.0. The summed E-state index contributed by atoms with van der Waals surface area (Å²) in [5, 5.41) is 10.6. The van der Waals surface area contributed by atoms with Crippen LogP contribution in [-0.2, 0) is 0 Å². The average Bonchev–Trinajstić information content (AvgIpc) is 3.17. The number of hydrogen-bond acceptors (Lipinski definition) is 4. The van der Waals surface area contributed by atoms with E-state index in [4.69, 9.17) is 0 Å². The molecule has 3 heterocycles. The third-order valence-electron chi connectivity index (χ3n) is 7.43. The molecule has 4 nitrogen and oxygen atoms in total. The Morgan fingerprint density at radius 3 is 2.75 bits per heavy atom. The highest BCUT2D eigenvalue weighted by molar-refractivity contribution is 5.87. The van der Waals surface area contributed by atoms with Gasteiger partial charge in [0.05, 0.1) is 11.1 Å². The molecule has 5 rings (SSSR count). The third kappa shape index (κ3) is 3.21. The summed E-state index contributed by atoms with van der Waals surface area (Å²) in [5.41, 5.74) is 2.93. The summed E-state index contributed by atoms with van der Waals surface area (Å²) >= 11 is 0. The van der Waals surface area contributed by atoms with Crippen LogP contribution in [0.25, 0.3) is 10.9 Å². The Kier molecular flexibility index (Phi) is 4.61. The van der Waals surface area contributed by atoms with Crippen LogP contribution >= 0.6 is 0 Å². The molecule has 4 heteroatoms. The van der Waals surface area contributed by atoms with Crippen molar-refractivity contribution in [1.82, 2.24) is 14.8 Å². The summed E-state index contributed by atoms with van der Waals surface area (Å²) in [6.07, 6.45) is 4.40. The van der Waals surface area contributed by atoms with Crippen LogP contribution < -0.4 is 0 Å². The van der Waals surface area contributed by atoms with Crippen molar-refractivity contribution in [3.8, 4) is 6.07 Å². The minimum atomic E-state index is 0.535. The summed E-state index contributed by atoms with van der Waals surface area (Å²) in [6.45, 7) is 8.64. The van der Waals surface area contributed by atoms with E-state index < -0.39 is 0 Å². The van der Waals surface area contributed by atoms with E-state index >= 15 is 0 Å². The van der Waals surface area contributed by atoms with E-state index in [1.54, 1.807) is 6.20 Å². The number of benzene rings is 1. The Hall–Kier alpha value is -1.96. The molecule has 2 aliphatic heterocycles. The molecule has 0 N–H and O–H groups in total. The minimum absolute atomic E-state index is 0.535. The van der Waals surface area contributed by atoms with Gasteiger partial charge in [-0.15, -0.1) is 0 Å². The van der Waals surface area contributed by atoms with Crippen LogP contribution in [0.4, 0.5) is 0 Å². The normalized spacial score (nSPS) is 33.0. The predicted molar refractivity (Wildman–Crippen MR) is 112 cm³/mol. The molecule has 2 saturated heterocycles. The lowest BCUT2D eigenvalue weighted by molar-refractivity contribution is 0.157. The molecule has 1 aromatic heterocycles. The first-order chi connectivity index (χ1) is 13.6. The van der Waals surface area contributed by atoms with Gasteiger partial charge in [-0.1, -0.05) is 19.1 Å². The summed E-state index contributed by atoms with van der Waals surface area (Å²) in [6, 6.07) is 10.6. The lowest BCUT2D eigenvalue weighted by Gasteiger charge is -2.37. The van der Waals surface area contributed by atoms with Crippen molar-refractivity contribution >= 4 is 10.9 Å². The Labute approximate surface area is 168 Å². The summed E-state index contributed by atoms with van der Waals surface area (Å²) < 4.78 is 0. The fourth-order valence-corrected chi connectivity index (χ4v) is 6.13. The number of fused-ring (bicyclic) bond motifs is 2. The fourth-order valence-electron chi connectivity index (χ4n) is 6.13. The molecule has 0 radical (unpaired) electrons. The highest BCUT2D eigenvalue weighted by Crippen LogP contribution is 2.53. The van der Waals surface area contributed by atoms with Crippen LogP contribution in [0.3, 0.4) is 0 Å². The maximum atomic E-state index is 9.43. The third-order valence-corrected chi connectivity index (χ3v) is 7.43. The summed E-state index contributed by atoms with van der Waals surface area (Å²) in [4.78, 5) is 9.71. The van der Waals surface area contributed by atoms with Gasteiger partial charge in [-0.25, -0.2) is 0 Å². The molecular formula is C24H30N4. The van der Waals surface area contributed by atoms with Gasteiger partial charge in [0.25, 0.3) is 0 Å². The molecule has 1 aromatic carbocycles. The van der Waals surface area contributed by atoms with Crippen molar-refractivity contribution in [1.29, 1.82) is 5.26 Å². The SMILES string of the molecule is C[C@@H]1C[C@H](c2ccc(C#N)c3ncccc23)CN(CCC2[C@H]3CN(C)C[C@@H]23)C1. The minimum Gasteiger partial charge on any atom is -0.306 e. The van der Waals surface area contributed by atoms with Crippen LogP contribution in [-0.4, -0.2) is 54.6 Å². The van der Waals surface area contributed by atoms with Gasteiger partial charge in [0, 0.05) is 37.8 Å². The molecule has 1 unspecified atom stereocenters. The average molecular weight is 375 g/mol. The molecule has 0 bridgehead atoms. The van der Waals surface area contributed by atoms with Gasteiger partial charge in [0.2, 0.25) is 0 Å². The van der Waals surface area contributed by atoms with Crippen LogP contribution in [0, 0.1) is 35.0 Å². The second-order valence-electron chi connectivity index (χ2n) is 9.51. The van der Waals surface area contributed by atoms with Crippen molar-refractivity contribution < 1.29 is 0 Å². The molecular weight excluding hydrogens is 344 g/mol. The van der Waals surface area contributed by atoms with Gasteiger partial charge in [-0.3, -0.25) is 4.98 Å². The standard InChI is InChI=1S/C24H30N4/c1-16-10-18(19-6-5-17(11-25)24-21(19)4-3-8-26-24)13-28(12-16)9-7-20-22-14-27(2)15-23(20)22/h3-6,8,16,18,20,22-23H,7,9-10,12-15H2,1-2H3/t16-,18+,20?,22-,23+/m1/s1. The number of hydrogen-bond donors (Lipinski definition) is 0. The highest BCUT2D eigenvalue weighted by Gasteiger charge is 2.53. The van der Waals surface area contributed by atoms with Crippen LogP contribution in [0.5, 0.6) is 0 Å². The topological polar surface area (TPSA) is 43.2 Å². The zero-order chi connectivity index (χ0) is 19.3. The smallest absolute Gasteiger partial charge is 0.101 e. The number of nitriles is 1. The number of pyridine rings is 1. The quantitative estimate of drug-likeness (QED) is 0.818. The van der Waals surface area contributed by atoms with E-state index in [-0.39, 0.29) is 0 Å². The van der Waals surface area contributed by atoms with Crippen molar-refractivity contribution in [3.05, 3.63) is 41.6 Å². The Morgan fingerprint density at radius 2 is 1.96 bits per heavy atom. The van der Waals surface area contributed by atoms with E-state index in [1.165, 1.54) is 50.0 Å². The number of aromatic nitrogens is 1. The number of likely N-dealkylation sites (tertiary alicyclic amines) is 2. The van der Waals surface area contributed by atoms with Gasteiger partial charge in [0.1, 0.15) is 6.07 Å². The van der Waals surface area contributed by atoms with E-state index in [0.29, 0.717) is 17.4 Å². The molecule has 2 aromatic rings. The largest absolute Gasteiger partial charge is 0.306 e. The van der Waals surface area contributed by atoms with Gasteiger partial charge < -0.3 is 9.80 Å². The van der Waals surface area contributed by atoms with Crippen molar-refractivity contribution in [2.45, 2.75) is 25.7 Å². The fraction of sp³-hybridized carbons (Fsp3) is 0.583. The van der Waals surface area contributed by atoms with Gasteiger partial charge >= 0.3 is 0 Å². The first kappa shape index (κ1) is 18.1. The number of piperidine rings is 2. The van der Waals surface area contributed by atoms with E-state index in [9.17, 15) is 5.26 Å². The van der Waals surface area contributed by atoms with Crippen molar-refractivity contribution in [2.24, 2.45) is 23.7 Å². The number of nitrogens with zero attached hydrogens (tertiary/aromatic N) is 4.